The molecule has 0 fully saturated rings. The fourth-order valence-electron chi connectivity index (χ4n) is 3.24. The lowest BCUT2D eigenvalue weighted by Crippen LogP contribution is -2.23. The van der Waals surface area contributed by atoms with E-state index in [2.05, 4.69) is 9.97 Å². The van der Waals surface area contributed by atoms with Crippen LogP contribution in [0.1, 0.15) is 16.7 Å². The quantitative estimate of drug-likeness (QED) is 0.406. The highest BCUT2D eigenvalue weighted by molar-refractivity contribution is 7.90. The maximum absolute atomic E-state index is 14.7. The van der Waals surface area contributed by atoms with Gasteiger partial charge in [-0.05, 0) is 30.2 Å². The van der Waals surface area contributed by atoms with Crippen LogP contribution in [0.5, 0.6) is 11.8 Å². The van der Waals surface area contributed by atoms with Crippen LogP contribution < -0.4 is 20.2 Å². The van der Waals surface area contributed by atoms with Crippen LogP contribution in [0.3, 0.4) is 0 Å². The second-order valence-corrected chi connectivity index (χ2v) is 8.45. The smallest absolute Gasteiger partial charge is 0.340 e. The number of ether oxygens (including phenoxy) is 1. The zero-order valence-electron chi connectivity index (χ0n) is 17.3. The van der Waals surface area contributed by atoms with Crippen molar-refractivity contribution in [2.75, 3.05) is 4.72 Å². The number of aryl methyl sites for hydroxylation is 2. The number of pyridine rings is 1. The zero-order chi connectivity index (χ0) is 23.9. The summed E-state index contributed by atoms with van der Waals surface area (Å²) in [5.74, 6) is -2.52. The molecule has 172 valence electrons. The molecule has 3 aromatic heterocycles. The molecule has 4 aromatic rings. The number of nitrogens with one attached hydrogen (secondary N) is 1. The molecule has 0 amide bonds. The molecular weight excluding hydrogens is 460 g/mol. The Kier molecular flexibility index (Phi) is 5.59. The molecule has 0 atom stereocenters. The van der Waals surface area contributed by atoms with Crippen molar-refractivity contribution in [2.24, 2.45) is 12.2 Å². The Bertz CT molecular complexity index is 1550. The molecule has 0 bridgehead atoms. The fraction of sp³-hybridized carbons (Fsp3) is 0.150. The number of rotatable bonds is 6. The van der Waals surface area contributed by atoms with Gasteiger partial charge in [0.25, 0.3) is 10.2 Å². The van der Waals surface area contributed by atoms with E-state index in [4.69, 9.17) is 14.3 Å². The highest BCUT2D eigenvalue weighted by Gasteiger charge is 2.20. The summed E-state index contributed by atoms with van der Waals surface area (Å²) >= 11 is 0. The van der Waals surface area contributed by atoms with Crippen molar-refractivity contribution >= 4 is 27.0 Å². The molecule has 1 aromatic carbocycles. The van der Waals surface area contributed by atoms with Crippen molar-refractivity contribution in [1.29, 1.82) is 0 Å². The van der Waals surface area contributed by atoms with Gasteiger partial charge in [-0.15, -0.1) is 0 Å². The fourth-order valence-corrected chi connectivity index (χ4v) is 3.65. The summed E-state index contributed by atoms with van der Waals surface area (Å²) in [6.45, 7) is 1.57. The van der Waals surface area contributed by atoms with Crippen LogP contribution in [0.25, 0.3) is 11.0 Å². The molecule has 0 saturated carbocycles. The van der Waals surface area contributed by atoms with E-state index in [0.29, 0.717) is 5.56 Å². The van der Waals surface area contributed by atoms with Crippen molar-refractivity contribution in [3.05, 3.63) is 75.5 Å². The molecule has 0 saturated heterocycles. The number of anilines is 1. The van der Waals surface area contributed by atoms with Gasteiger partial charge in [0, 0.05) is 49.1 Å². The number of halogens is 2. The van der Waals surface area contributed by atoms with Crippen LogP contribution in [0.15, 0.2) is 46.0 Å². The minimum Gasteiger partial charge on any atom is -0.422 e. The molecule has 0 spiro atoms. The van der Waals surface area contributed by atoms with Crippen LogP contribution in [-0.2, 0) is 23.7 Å². The standard InChI is InChI=1S/C20H17F2N5O5S/c1-10-12-8-14(21)16(32-20-25-5-6-27(20)2)9-15(12)31-19(28)13(10)7-11-3-4-24-18(17(11)22)26-33(23,29)30/h3-6,8-9H,7H2,1-2H3,(H,24,26)(H2,23,29,30). The van der Waals surface area contributed by atoms with E-state index >= 15 is 0 Å². The second kappa shape index (κ2) is 8.26. The molecule has 0 aliphatic heterocycles. The van der Waals surface area contributed by atoms with Crippen LogP contribution in [0.2, 0.25) is 0 Å². The first-order valence-electron chi connectivity index (χ1n) is 9.38. The third-order valence-electron chi connectivity index (χ3n) is 4.89. The number of hydrogen-bond acceptors (Lipinski definition) is 7. The van der Waals surface area contributed by atoms with Crippen LogP contribution in [-0.4, -0.2) is 23.0 Å². The van der Waals surface area contributed by atoms with Crippen LogP contribution >= 0.6 is 0 Å². The van der Waals surface area contributed by atoms with Gasteiger partial charge in [0.15, 0.2) is 23.2 Å². The van der Waals surface area contributed by atoms with Crippen LogP contribution in [0.4, 0.5) is 14.6 Å². The zero-order valence-corrected chi connectivity index (χ0v) is 18.1. The van der Waals surface area contributed by atoms with Crippen molar-refractivity contribution in [2.45, 2.75) is 13.3 Å². The van der Waals surface area contributed by atoms with Gasteiger partial charge in [-0.1, -0.05) is 0 Å². The maximum atomic E-state index is 14.7. The highest BCUT2D eigenvalue weighted by Crippen LogP contribution is 2.31. The van der Waals surface area contributed by atoms with E-state index in [1.54, 1.807) is 24.9 Å². The van der Waals surface area contributed by atoms with Gasteiger partial charge in [0.05, 0.1) is 0 Å². The first-order chi connectivity index (χ1) is 15.5. The number of benzene rings is 1. The molecule has 13 heteroatoms. The molecule has 0 aliphatic carbocycles. The SMILES string of the molecule is Cc1c(Cc2ccnc(NS(N)(=O)=O)c2F)c(=O)oc2cc(Oc3nccn3C)c(F)cc12. The molecule has 3 heterocycles. The Morgan fingerprint density at radius 2 is 2.00 bits per heavy atom. The number of hydrogen-bond donors (Lipinski definition) is 2. The van der Waals surface area contributed by atoms with Gasteiger partial charge in [-0.25, -0.2) is 28.7 Å². The number of nitrogens with two attached hydrogens (primary N) is 1. The van der Waals surface area contributed by atoms with Gasteiger partial charge >= 0.3 is 11.6 Å². The Balaban J connectivity index is 1.75. The van der Waals surface area contributed by atoms with Crippen LogP contribution in [0, 0.1) is 18.6 Å². The van der Waals surface area contributed by atoms with E-state index in [9.17, 15) is 22.0 Å². The number of nitrogens with zero attached hydrogens (tertiary/aromatic N) is 3. The summed E-state index contributed by atoms with van der Waals surface area (Å²) in [6, 6.07) is 3.79. The second-order valence-electron chi connectivity index (χ2n) is 7.15. The van der Waals surface area contributed by atoms with Crippen molar-refractivity contribution in [3.8, 4) is 11.8 Å². The van der Waals surface area contributed by atoms with E-state index in [1.807, 2.05) is 0 Å². The van der Waals surface area contributed by atoms with Gasteiger partial charge < -0.3 is 13.7 Å². The minimum atomic E-state index is -4.26. The van der Waals surface area contributed by atoms with E-state index < -0.39 is 33.3 Å². The monoisotopic (exact) mass is 477 g/mol. The predicted octanol–water partition coefficient (Wildman–Crippen LogP) is 2.51. The number of fused-ring (bicyclic) bond motifs is 1. The molecular formula is C20H17F2N5O5S. The third-order valence-corrected chi connectivity index (χ3v) is 5.37. The highest BCUT2D eigenvalue weighted by atomic mass is 32.2. The Morgan fingerprint density at radius 1 is 1.24 bits per heavy atom. The lowest BCUT2D eigenvalue weighted by molar-refractivity contribution is 0.397. The normalized spacial score (nSPS) is 11.7. The van der Waals surface area contributed by atoms with Crippen molar-refractivity contribution in [1.82, 2.24) is 14.5 Å². The van der Waals surface area contributed by atoms with E-state index in [0.717, 1.165) is 12.3 Å². The third kappa shape index (κ3) is 4.54. The van der Waals surface area contributed by atoms with Crippen molar-refractivity contribution < 1.29 is 26.4 Å². The molecule has 3 N–H and O–H groups in total. The summed E-state index contributed by atoms with van der Waals surface area (Å²) in [4.78, 5) is 20.2. The summed E-state index contributed by atoms with van der Waals surface area (Å²) in [5.41, 5.74) is -0.321. The van der Waals surface area contributed by atoms with Crippen molar-refractivity contribution in [3.63, 3.8) is 0 Å². The molecule has 0 unspecified atom stereocenters. The average Bonchev–Trinajstić information content (AvgIpc) is 3.13. The maximum Gasteiger partial charge on any atom is 0.340 e. The summed E-state index contributed by atoms with van der Waals surface area (Å²) < 4.78 is 66.0. The molecule has 10 nitrogen and oxygen atoms in total. The molecule has 4 rings (SSSR count). The first-order valence-corrected chi connectivity index (χ1v) is 10.9. The van der Waals surface area contributed by atoms with Gasteiger partial charge in [0.2, 0.25) is 0 Å². The Morgan fingerprint density at radius 3 is 2.67 bits per heavy atom. The lowest BCUT2D eigenvalue weighted by atomic mass is 9.99. The van der Waals surface area contributed by atoms with Gasteiger partial charge in [-0.2, -0.15) is 8.42 Å². The minimum absolute atomic E-state index is 0.0406. The van der Waals surface area contributed by atoms with E-state index in [1.165, 1.54) is 22.9 Å². The Labute approximate surface area is 185 Å². The molecule has 33 heavy (non-hydrogen) atoms. The van der Waals surface area contributed by atoms with Gasteiger partial charge in [0.1, 0.15) is 5.58 Å². The summed E-state index contributed by atoms with van der Waals surface area (Å²) in [7, 11) is -2.59. The van der Waals surface area contributed by atoms with Gasteiger partial charge in [-0.3, -0.25) is 4.72 Å². The largest absolute Gasteiger partial charge is 0.422 e. The summed E-state index contributed by atoms with van der Waals surface area (Å²) in [5, 5.41) is 5.15. The number of imidazole rings is 1. The predicted molar refractivity (Wildman–Crippen MR) is 114 cm³/mol. The Hall–Kier alpha value is -3.84. The first kappa shape index (κ1) is 22.4. The average molecular weight is 477 g/mol. The summed E-state index contributed by atoms with van der Waals surface area (Å²) in [6.07, 6.45) is 4.00. The lowest BCUT2D eigenvalue weighted by Gasteiger charge is -2.12. The topological polar surface area (TPSA) is 142 Å². The molecule has 0 radical (unpaired) electrons. The van der Waals surface area contributed by atoms with E-state index in [-0.39, 0.29) is 40.3 Å². The molecule has 0 aliphatic rings. The number of aromatic nitrogens is 3.